The molecule has 1 atom stereocenters. The van der Waals surface area contributed by atoms with Gasteiger partial charge in [0.25, 0.3) is 0 Å². The van der Waals surface area contributed by atoms with E-state index in [1.165, 1.54) is 11.1 Å². The molecule has 2 rings (SSSR count). The maximum atomic E-state index is 6.10. The van der Waals surface area contributed by atoms with Crippen molar-refractivity contribution in [3.05, 3.63) is 69.2 Å². The third kappa shape index (κ3) is 5.46. The average molecular weight is 367 g/mol. The summed E-state index contributed by atoms with van der Waals surface area (Å²) in [6, 6.07) is 17.2. The van der Waals surface area contributed by atoms with Crippen LogP contribution in [0.4, 0.5) is 0 Å². The minimum Gasteiger partial charge on any atom is -0.314 e. The Balaban J connectivity index is 2.17. The fraction of sp³-hybridized carbons (Fsp3) is 0.333. The Bertz CT molecular complexity index is 566. The lowest BCUT2D eigenvalue weighted by Crippen LogP contribution is -2.28. The largest absolute Gasteiger partial charge is 0.314 e. The molecule has 0 aromatic heterocycles. The molecule has 0 saturated heterocycles. The lowest BCUT2D eigenvalue weighted by Gasteiger charge is -2.20. The number of benzene rings is 2. The zero-order valence-corrected chi connectivity index (χ0v) is 14.8. The van der Waals surface area contributed by atoms with Gasteiger partial charge in [-0.2, -0.15) is 0 Å². The van der Waals surface area contributed by atoms with Crippen LogP contribution < -0.4 is 5.32 Å². The van der Waals surface area contributed by atoms with Crippen LogP contribution in [0.25, 0.3) is 0 Å². The highest BCUT2D eigenvalue weighted by Crippen LogP contribution is 2.24. The summed E-state index contributed by atoms with van der Waals surface area (Å²) in [7, 11) is 0. The number of hydrogen-bond donors (Lipinski definition) is 1. The molecule has 1 unspecified atom stereocenters. The van der Waals surface area contributed by atoms with E-state index in [1.807, 2.05) is 12.1 Å². The van der Waals surface area contributed by atoms with E-state index in [0.29, 0.717) is 12.0 Å². The third-order valence-corrected chi connectivity index (χ3v) is 4.25. The molecule has 1 N–H and O–H groups in total. The van der Waals surface area contributed by atoms with Crippen molar-refractivity contribution in [1.29, 1.82) is 0 Å². The predicted molar refractivity (Wildman–Crippen MR) is 95.2 cm³/mol. The predicted octanol–water partition coefficient (Wildman–Crippen LogP) is 5.43. The van der Waals surface area contributed by atoms with Gasteiger partial charge in [-0.05, 0) is 41.8 Å². The molecule has 0 aliphatic rings. The lowest BCUT2D eigenvalue weighted by molar-refractivity contribution is 0.527. The summed E-state index contributed by atoms with van der Waals surface area (Å²) >= 11 is 9.60. The molecule has 0 saturated carbocycles. The van der Waals surface area contributed by atoms with Crippen LogP contribution in [-0.4, -0.2) is 12.6 Å². The van der Waals surface area contributed by atoms with Crippen molar-refractivity contribution in [1.82, 2.24) is 5.32 Å². The van der Waals surface area contributed by atoms with Crippen molar-refractivity contribution >= 4 is 27.5 Å². The summed E-state index contributed by atoms with van der Waals surface area (Å²) < 4.78 is 1.12. The van der Waals surface area contributed by atoms with Gasteiger partial charge < -0.3 is 5.32 Å². The summed E-state index contributed by atoms with van der Waals surface area (Å²) in [5.74, 6) is 0.443. The Morgan fingerprint density at radius 1 is 1.10 bits per heavy atom. The van der Waals surface area contributed by atoms with Crippen LogP contribution in [0, 0.1) is 0 Å². The summed E-state index contributed by atoms with van der Waals surface area (Å²) in [5.41, 5.74) is 2.63. The standard InChI is InChI=1S/C18H21BrClN/c1-13(2)21-12-16(15-6-8-17(19)9-7-15)10-14-4-3-5-18(20)11-14/h3-9,11,13,16,21H,10,12H2,1-2H3. The lowest BCUT2D eigenvalue weighted by atomic mass is 9.91. The average Bonchev–Trinajstić information content (AvgIpc) is 2.44. The normalized spacial score (nSPS) is 12.6. The summed E-state index contributed by atoms with van der Waals surface area (Å²) in [5, 5.41) is 4.35. The van der Waals surface area contributed by atoms with Crippen LogP contribution in [0.15, 0.2) is 53.0 Å². The maximum Gasteiger partial charge on any atom is 0.0408 e. The monoisotopic (exact) mass is 365 g/mol. The van der Waals surface area contributed by atoms with Gasteiger partial charge in [0, 0.05) is 28.0 Å². The molecule has 21 heavy (non-hydrogen) atoms. The first-order valence-electron chi connectivity index (χ1n) is 7.28. The molecule has 0 fully saturated rings. The van der Waals surface area contributed by atoms with Crippen molar-refractivity contribution in [2.24, 2.45) is 0 Å². The summed E-state index contributed by atoms with van der Waals surface area (Å²) in [6.07, 6.45) is 0.988. The third-order valence-electron chi connectivity index (χ3n) is 3.49. The number of rotatable bonds is 6. The smallest absolute Gasteiger partial charge is 0.0408 e. The Morgan fingerprint density at radius 2 is 1.81 bits per heavy atom. The SMILES string of the molecule is CC(C)NCC(Cc1cccc(Cl)c1)c1ccc(Br)cc1. The quantitative estimate of drug-likeness (QED) is 0.719. The van der Waals surface area contributed by atoms with Gasteiger partial charge in [0.05, 0.1) is 0 Å². The Morgan fingerprint density at radius 3 is 2.43 bits per heavy atom. The highest BCUT2D eigenvalue weighted by molar-refractivity contribution is 9.10. The molecule has 112 valence electrons. The second kappa shape index (κ2) is 7.98. The van der Waals surface area contributed by atoms with Gasteiger partial charge in [-0.25, -0.2) is 0 Å². The van der Waals surface area contributed by atoms with Gasteiger partial charge in [-0.15, -0.1) is 0 Å². The number of nitrogens with one attached hydrogen (secondary N) is 1. The van der Waals surface area contributed by atoms with Crippen LogP contribution >= 0.6 is 27.5 Å². The molecule has 0 bridgehead atoms. The van der Waals surface area contributed by atoms with Gasteiger partial charge in [-0.3, -0.25) is 0 Å². The Labute approximate surface area is 140 Å². The molecule has 0 aliphatic heterocycles. The number of halogens is 2. The molecule has 2 aromatic rings. The highest BCUT2D eigenvalue weighted by Gasteiger charge is 2.13. The van der Waals surface area contributed by atoms with Gasteiger partial charge in [0.2, 0.25) is 0 Å². The van der Waals surface area contributed by atoms with Crippen LogP contribution in [0.2, 0.25) is 5.02 Å². The van der Waals surface area contributed by atoms with Gasteiger partial charge in [0.1, 0.15) is 0 Å². The topological polar surface area (TPSA) is 12.0 Å². The van der Waals surface area contributed by atoms with E-state index >= 15 is 0 Å². The van der Waals surface area contributed by atoms with Gasteiger partial charge in [0.15, 0.2) is 0 Å². The molecule has 0 spiro atoms. The first-order valence-corrected chi connectivity index (χ1v) is 8.45. The minimum absolute atomic E-state index is 0.443. The minimum atomic E-state index is 0.443. The van der Waals surface area contributed by atoms with Crippen molar-refractivity contribution in [3.8, 4) is 0 Å². The fourth-order valence-corrected chi connectivity index (χ4v) is 2.85. The molecule has 0 amide bonds. The van der Waals surface area contributed by atoms with Crippen LogP contribution in [-0.2, 0) is 6.42 Å². The van der Waals surface area contributed by atoms with E-state index in [-0.39, 0.29) is 0 Å². The molecule has 0 radical (unpaired) electrons. The Kier molecular flexibility index (Phi) is 6.28. The first kappa shape index (κ1) is 16.5. The molecule has 2 aromatic carbocycles. The summed E-state index contributed by atoms with van der Waals surface area (Å²) in [4.78, 5) is 0. The van der Waals surface area contributed by atoms with Crippen molar-refractivity contribution in [2.45, 2.75) is 32.2 Å². The van der Waals surface area contributed by atoms with Crippen LogP contribution in [0.1, 0.15) is 30.9 Å². The van der Waals surface area contributed by atoms with Crippen molar-refractivity contribution < 1.29 is 0 Å². The molecular formula is C18H21BrClN. The fourth-order valence-electron chi connectivity index (χ4n) is 2.37. The zero-order valence-electron chi connectivity index (χ0n) is 12.4. The number of hydrogen-bond acceptors (Lipinski definition) is 1. The van der Waals surface area contributed by atoms with Crippen molar-refractivity contribution in [2.75, 3.05) is 6.54 Å². The van der Waals surface area contributed by atoms with E-state index in [4.69, 9.17) is 11.6 Å². The Hall–Kier alpha value is -0.830. The van der Waals surface area contributed by atoms with E-state index in [0.717, 1.165) is 22.5 Å². The molecule has 0 aliphatic carbocycles. The van der Waals surface area contributed by atoms with Crippen molar-refractivity contribution in [3.63, 3.8) is 0 Å². The van der Waals surface area contributed by atoms with Gasteiger partial charge >= 0.3 is 0 Å². The van der Waals surface area contributed by atoms with E-state index in [9.17, 15) is 0 Å². The second-order valence-electron chi connectivity index (χ2n) is 5.65. The highest BCUT2D eigenvalue weighted by atomic mass is 79.9. The van der Waals surface area contributed by atoms with Crippen LogP contribution in [0.5, 0.6) is 0 Å². The molecule has 3 heteroatoms. The van der Waals surface area contributed by atoms with E-state index in [1.54, 1.807) is 0 Å². The maximum absolute atomic E-state index is 6.10. The molecular weight excluding hydrogens is 346 g/mol. The first-order chi connectivity index (χ1) is 10.0. The molecule has 1 nitrogen and oxygen atoms in total. The second-order valence-corrected chi connectivity index (χ2v) is 7.00. The van der Waals surface area contributed by atoms with E-state index < -0.39 is 0 Å². The van der Waals surface area contributed by atoms with Crippen LogP contribution in [0.3, 0.4) is 0 Å². The summed E-state index contributed by atoms with van der Waals surface area (Å²) in [6.45, 7) is 5.32. The zero-order chi connectivity index (χ0) is 15.2. The van der Waals surface area contributed by atoms with E-state index in [2.05, 4.69) is 71.5 Å². The van der Waals surface area contributed by atoms with Gasteiger partial charge in [-0.1, -0.05) is 65.6 Å². The molecule has 0 heterocycles.